The zero-order valence-electron chi connectivity index (χ0n) is 16.0. The second-order valence-corrected chi connectivity index (χ2v) is 6.84. The van der Waals surface area contributed by atoms with Crippen LogP contribution in [0.2, 0.25) is 0 Å². The number of methoxy groups -OCH3 is 1. The highest BCUT2D eigenvalue weighted by Crippen LogP contribution is 2.27. The van der Waals surface area contributed by atoms with E-state index < -0.39 is 0 Å². The smallest absolute Gasteiger partial charge is 0.268 e. The van der Waals surface area contributed by atoms with Crippen LogP contribution < -0.4 is 15.2 Å². The molecule has 1 fully saturated rings. The number of para-hydroxylation sites is 2. The Morgan fingerprint density at radius 2 is 1.61 bits per heavy atom. The summed E-state index contributed by atoms with van der Waals surface area (Å²) in [6, 6.07) is 21.5. The van der Waals surface area contributed by atoms with Gasteiger partial charge in [0.15, 0.2) is 0 Å². The first-order valence-electron chi connectivity index (χ1n) is 9.48. The molecule has 4 rings (SSSR count). The summed E-state index contributed by atoms with van der Waals surface area (Å²) in [6.07, 6.45) is 0. The number of benzene rings is 2. The number of anilines is 1. The first-order valence-corrected chi connectivity index (χ1v) is 9.48. The Morgan fingerprint density at radius 3 is 2.36 bits per heavy atom. The second kappa shape index (κ2) is 8.27. The molecule has 28 heavy (non-hydrogen) atoms. The fourth-order valence-electron chi connectivity index (χ4n) is 3.53. The van der Waals surface area contributed by atoms with Gasteiger partial charge in [0.05, 0.1) is 19.5 Å². The zero-order chi connectivity index (χ0) is 19.3. The molecule has 1 aliphatic rings. The Balaban J connectivity index is 1.48. The van der Waals surface area contributed by atoms with E-state index >= 15 is 0 Å². The molecule has 1 aromatic heterocycles. The Hall–Kier alpha value is -3.12. The summed E-state index contributed by atoms with van der Waals surface area (Å²) in [5.41, 5.74) is 2.77. The van der Waals surface area contributed by atoms with Gasteiger partial charge in [-0.2, -0.15) is 5.10 Å². The van der Waals surface area contributed by atoms with Crippen LogP contribution in [0.15, 0.2) is 71.5 Å². The van der Waals surface area contributed by atoms with E-state index in [0.717, 1.165) is 43.2 Å². The second-order valence-electron chi connectivity index (χ2n) is 6.84. The topological polar surface area (TPSA) is 50.6 Å². The van der Waals surface area contributed by atoms with Gasteiger partial charge in [0.1, 0.15) is 5.75 Å². The van der Waals surface area contributed by atoms with Crippen LogP contribution in [0.3, 0.4) is 0 Å². The van der Waals surface area contributed by atoms with Crippen molar-refractivity contribution in [3.63, 3.8) is 0 Å². The van der Waals surface area contributed by atoms with E-state index in [9.17, 15) is 4.79 Å². The third-order valence-corrected chi connectivity index (χ3v) is 5.08. The lowest BCUT2D eigenvalue weighted by Crippen LogP contribution is -2.48. The molecule has 0 saturated carbocycles. The Kier molecular flexibility index (Phi) is 5.39. The maximum Gasteiger partial charge on any atom is 0.268 e. The van der Waals surface area contributed by atoms with Gasteiger partial charge in [0, 0.05) is 43.5 Å². The van der Waals surface area contributed by atoms with Crippen molar-refractivity contribution in [1.29, 1.82) is 0 Å². The predicted molar refractivity (Wildman–Crippen MR) is 111 cm³/mol. The largest absolute Gasteiger partial charge is 0.496 e. The molecule has 6 nitrogen and oxygen atoms in total. The summed E-state index contributed by atoms with van der Waals surface area (Å²) in [6.45, 7) is 4.14. The molecule has 0 bridgehead atoms. The van der Waals surface area contributed by atoms with Crippen molar-refractivity contribution in [3.8, 4) is 17.0 Å². The lowest BCUT2D eigenvalue weighted by molar-refractivity contribution is 0.192. The molecule has 0 aliphatic carbocycles. The summed E-state index contributed by atoms with van der Waals surface area (Å²) in [4.78, 5) is 17.0. The predicted octanol–water partition coefficient (Wildman–Crippen LogP) is 2.70. The molecule has 2 aromatic carbocycles. The van der Waals surface area contributed by atoms with Crippen molar-refractivity contribution in [1.82, 2.24) is 14.7 Å². The summed E-state index contributed by atoms with van der Waals surface area (Å²) < 4.78 is 6.97. The fourth-order valence-corrected chi connectivity index (χ4v) is 3.53. The molecular formula is C22H24N4O2. The van der Waals surface area contributed by atoms with Gasteiger partial charge in [-0.25, -0.2) is 4.68 Å². The maximum absolute atomic E-state index is 12.3. The van der Waals surface area contributed by atoms with E-state index in [-0.39, 0.29) is 5.56 Å². The Labute approximate surface area is 164 Å². The lowest BCUT2D eigenvalue weighted by Gasteiger charge is -2.36. The summed E-state index contributed by atoms with van der Waals surface area (Å²) in [5, 5.41) is 4.59. The molecule has 1 aliphatic heterocycles. The highest BCUT2D eigenvalue weighted by molar-refractivity contribution is 5.66. The maximum atomic E-state index is 12.3. The van der Waals surface area contributed by atoms with Crippen LogP contribution in [0.1, 0.15) is 0 Å². The number of hydrogen-bond acceptors (Lipinski definition) is 5. The zero-order valence-corrected chi connectivity index (χ0v) is 16.0. The average Bonchev–Trinajstić information content (AvgIpc) is 2.76. The average molecular weight is 376 g/mol. The number of rotatable bonds is 5. The summed E-state index contributed by atoms with van der Waals surface area (Å²) >= 11 is 0. The number of ether oxygens (including phenoxy) is 1. The number of nitrogens with zero attached hydrogens (tertiary/aromatic N) is 4. The molecule has 0 spiro atoms. The van der Waals surface area contributed by atoms with Crippen LogP contribution in [0.4, 0.5) is 5.69 Å². The molecule has 3 aromatic rings. The minimum Gasteiger partial charge on any atom is -0.496 e. The number of hydrogen-bond donors (Lipinski definition) is 0. The molecule has 2 heterocycles. The molecule has 0 radical (unpaired) electrons. The van der Waals surface area contributed by atoms with Crippen LogP contribution in [-0.2, 0) is 6.67 Å². The van der Waals surface area contributed by atoms with Crippen LogP contribution in [0, 0.1) is 0 Å². The molecule has 0 unspecified atom stereocenters. The minimum atomic E-state index is -0.0934. The van der Waals surface area contributed by atoms with Gasteiger partial charge < -0.3 is 9.64 Å². The molecule has 0 N–H and O–H groups in total. The number of aromatic nitrogens is 2. The molecule has 144 valence electrons. The van der Waals surface area contributed by atoms with Crippen LogP contribution >= 0.6 is 0 Å². The summed E-state index contributed by atoms with van der Waals surface area (Å²) in [7, 11) is 1.64. The van der Waals surface area contributed by atoms with Crippen LogP contribution in [0.25, 0.3) is 11.3 Å². The molecular weight excluding hydrogens is 352 g/mol. The minimum absolute atomic E-state index is 0.0934. The van der Waals surface area contributed by atoms with E-state index in [1.165, 1.54) is 5.69 Å². The van der Waals surface area contributed by atoms with Crippen molar-refractivity contribution >= 4 is 5.69 Å². The van der Waals surface area contributed by atoms with Crippen molar-refractivity contribution < 1.29 is 4.74 Å². The summed E-state index contributed by atoms with van der Waals surface area (Å²) in [5.74, 6) is 0.747. The molecule has 6 heteroatoms. The normalized spacial score (nSPS) is 14.8. The fraction of sp³-hybridized carbons (Fsp3) is 0.273. The quantitative estimate of drug-likeness (QED) is 0.685. The third kappa shape index (κ3) is 3.92. The first kappa shape index (κ1) is 18.3. The first-order chi connectivity index (χ1) is 13.7. The van der Waals surface area contributed by atoms with Gasteiger partial charge >= 0.3 is 0 Å². The Bertz CT molecular complexity index is 979. The van der Waals surface area contributed by atoms with E-state index in [1.807, 2.05) is 30.3 Å². The van der Waals surface area contributed by atoms with Gasteiger partial charge in [-0.15, -0.1) is 0 Å². The number of piperazine rings is 1. The van der Waals surface area contributed by atoms with E-state index in [4.69, 9.17) is 4.74 Å². The van der Waals surface area contributed by atoms with Gasteiger partial charge in [-0.1, -0.05) is 30.3 Å². The molecule has 0 amide bonds. The third-order valence-electron chi connectivity index (χ3n) is 5.08. The van der Waals surface area contributed by atoms with E-state index in [2.05, 4.69) is 39.2 Å². The Morgan fingerprint density at radius 1 is 0.893 bits per heavy atom. The van der Waals surface area contributed by atoms with Crippen molar-refractivity contribution in [2.45, 2.75) is 6.67 Å². The standard InChI is InChI=1S/C22H24N4O2/c1-28-21-10-6-5-9-19(21)20-11-12-22(27)26(23-20)17-24-13-15-25(16-14-24)18-7-3-2-4-8-18/h2-12H,13-17H2,1H3. The lowest BCUT2D eigenvalue weighted by atomic mass is 10.1. The van der Waals surface area contributed by atoms with Crippen molar-refractivity contribution in [2.75, 3.05) is 38.2 Å². The van der Waals surface area contributed by atoms with Crippen molar-refractivity contribution in [2.24, 2.45) is 0 Å². The molecule has 0 atom stereocenters. The monoisotopic (exact) mass is 376 g/mol. The highest BCUT2D eigenvalue weighted by Gasteiger charge is 2.18. The van der Waals surface area contributed by atoms with Gasteiger partial charge in [0.25, 0.3) is 5.56 Å². The van der Waals surface area contributed by atoms with Crippen LogP contribution in [-0.4, -0.2) is 48.0 Å². The van der Waals surface area contributed by atoms with E-state index in [1.54, 1.807) is 23.9 Å². The highest BCUT2D eigenvalue weighted by atomic mass is 16.5. The van der Waals surface area contributed by atoms with Crippen LogP contribution in [0.5, 0.6) is 5.75 Å². The molecule has 1 saturated heterocycles. The van der Waals surface area contributed by atoms with Gasteiger partial charge in [-0.3, -0.25) is 9.69 Å². The van der Waals surface area contributed by atoms with E-state index in [0.29, 0.717) is 6.67 Å². The van der Waals surface area contributed by atoms with Gasteiger partial charge in [0.2, 0.25) is 0 Å². The van der Waals surface area contributed by atoms with Gasteiger partial charge in [-0.05, 0) is 30.3 Å². The SMILES string of the molecule is COc1ccccc1-c1ccc(=O)n(CN2CCN(c3ccccc3)CC2)n1. The van der Waals surface area contributed by atoms with Crippen molar-refractivity contribution in [3.05, 3.63) is 77.1 Å².